The molecule has 1 N–H and O–H groups in total. The first-order chi connectivity index (χ1) is 16.0. The van der Waals surface area contributed by atoms with Crippen molar-refractivity contribution >= 4 is 54.5 Å². The van der Waals surface area contributed by atoms with E-state index in [1.54, 1.807) is 0 Å². The highest BCUT2D eigenvalue weighted by Crippen LogP contribution is 2.36. The van der Waals surface area contributed by atoms with E-state index in [9.17, 15) is 34.8 Å². The molecule has 0 saturated heterocycles. The molecule has 186 valence electrons. The van der Waals surface area contributed by atoms with Crippen LogP contribution in [0.1, 0.15) is 27.3 Å². The van der Waals surface area contributed by atoms with Crippen LogP contribution in [-0.2, 0) is 26.0 Å². The van der Waals surface area contributed by atoms with Gasteiger partial charge in [0.15, 0.2) is 9.84 Å². The Kier molecular flexibility index (Phi) is 7.24. The summed E-state index contributed by atoms with van der Waals surface area (Å²) >= 11 is 11.6. The molecule has 14 heteroatoms. The summed E-state index contributed by atoms with van der Waals surface area (Å²) in [4.78, 5) is 16.2. The Morgan fingerprint density at radius 2 is 1.60 bits per heavy atom. The number of ketones is 1. The summed E-state index contributed by atoms with van der Waals surface area (Å²) in [6, 6.07) is 8.24. The topological polar surface area (TPSA) is 110 Å². The zero-order valence-electron chi connectivity index (χ0n) is 17.8. The fraction of sp³-hybridized carbons (Fsp3) is 0.143. The van der Waals surface area contributed by atoms with Gasteiger partial charge in [0, 0.05) is 11.8 Å². The van der Waals surface area contributed by atoms with Crippen molar-refractivity contribution in [2.45, 2.75) is 22.9 Å². The van der Waals surface area contributed by atoms with E-state index in [1.807, 2.05) is 4.72 Å². The zero-order chi connectivity index (χ0) is 26.3. The second kappa shape index (κ2) is 9.41. The van der Waals surface area contributed by atoms with Crippen LogP contribution in [0.5, 0.6) is 0 Å². The quantitative estimate of drug-likeness (QED) is 0.413. The maximum atomic E-state index is 13.3. The van der Waals surface area contributed by atoms with Crippen molar-refractivity contribution in [2.75, 3.05) is 11.0 Å². The standard InChI is InChI=1S/C21H15Cl2F3N2O5S2/c1-11-16(23)10-17(19(27-11)20(29)13-5-3-4-6-18(13)34(2,30)31)28-35(32,33)12-7-8-15(22)14(9-12)21(24,25)26/h3-10,28H,1-2H3. The predicted octanol–water partition coefficient (Wildman–Crippen LogP) is 5.15. The number of benzene rings is 2. The molecule has 3 rings (SSSR count). The number of carbonyl (C=O) groups is 1. The number of hydrogen-bond donors (Lipinski definition) is 1. The molecule has 3 aromatic rings. The second-order valence-electron chi connectivity index (χ2n) is 7.29. The number of pyridine rings is 1. The predicted molar refractivity (Wildman–Crippen MR) is 124 cm³/mol. The molecule has 0 aliphatic carbocycles. The van der Waals surface area contributed by atoms with Gasteiger partial charge in [0.25, 0.3) is 10.0 Å². The number of aryl methyl sites for hydroxylation is 1. The third-order valence-corrected chi connectivity index (χ3v) is 7.93. The van der Waals surface area contributed by atoms with Crippen LogP contribution < -0.4 is 4.72 Å². The first-order valence-corrected chi connectivity index (χ1v) is 13.6. The molecule has 0 radical (unpaired) electrons. The molecule has 0 fully saturated rings. The van der Waals surface area contributed by atoms with Crippen molar-refractivity contribution in [1.82, 2.24) is 4.98 Å². The Labute approximate surface area is 208 Å². The third kappa shape index (κ3) is 5.77. The lowest BCUT2D eigenvalue weighted by Crippen LogP contribution is -2.19. The summed E-state index contributed by atoms with van der Waals surface area (Å²) in [7, 11) is -8.55. The highest BCUT2D eigenvalue weighted by Gasteiger charge is 2.35. The molecule has 7 nitrogen and oxygen atoms in total. The van der Waals surface area contributed by atoms with Crippen LogP contribution in [0.25, 0.3) is 0 Å². The Morgan fingerprint density at radius 1 is 0.971 bits per heavy atom. The minimum atomic E-state index is -4.92. The monoisotopic (exact) mass is 566 g/mol. The number of nitrogens with zero attached hydrogens (tertiary/aromatic N) is 1. The zero-order valence-corrected chi connectivity index (χ0v) is 21.0. The Hall–Kier alpha value is -2.67. The van der Waals surface area contributed by atoms with E-state index < -0.39 is 58.7 Å². The summed E-state index contributed by atoms with van der Waals surface area (Å²) in [6.45, 7) is 1.43. The van der Waals surface area contributed by atoms with Crippen LogP contribution in [0.15, 0.2) is 58.3 Å². The van der Waals surface area contributed by atoms with Crippen molar-refractivity contribution < 1.29 is 34.8 Å². The maximum absolute atomic E-state index is 13.3. The number of nitrogens with one attached hydrogen (secondary N) is 1. The summed E-state index contributed by atoms with van der Waals surface area (Å²) in [5.41, 5.74) is -2.49. The van der Waals surface area contributed by atoms with Gasteiger partial charge in [-0.05, 0) is 43.3 Å². The molecule has 0 unspecified atom stereocenters. The largest absolute Gasteiger partial charge is 0.417 e. The molecule has 0 saturated carbocycles. The average molecular weight is 567 g/mol. The van der Waals surface area contributed by atoms with E-state index in [2.05, 4.69) is 4.98 Å². The summed E-state index contributed by atoms with van der Waals surface area (Å²) < 4.78 is 91.8. The highest BCUT2D eigenvalue weighted by molar-refractivity contribution is 7.92. The number of sulfonamides is 1. The number of alkyl halides is 3. The highest BCUT2D eigenvalue weighted by atomic mass is 35.5. The van der Waals surface area contributed by atoms with Crippen LogP contribution in [0, 0.1) is 6.92 Å². The normalized spacial score (nSPS) is 12.4. The lowest BCUT2D eigenvalue weighted by atomic mass is 10.1. The number of hydrogen-bond acceptors (Lipinski definition) is 6. The van der Waals surface area contributed by atoms with Gasteiger partial charge in [0.1, 0.15) is 5.69 Å². The van der Waals surface area contributed by atoms with E-state index in [0.29, 0.717) is 6.07 Å². The molecule has 0 aliphatic rings. The Balaban J connectivity index is 2.16. The van der Waals surface area contributed by atoms with Crippen LogP contribution >= 0.6 is 23.2 Å². The number of anilines is 1. The van der Waals surface area contributed by atoms with Gasteiger partial charge < -0.3 is 0 Å². The van der Waals surface area contributed by atoms with Crippen molar-refractivity contribution in [1.29, 1.82) is 0 Å². The van der Waals surface area contributed by atoms with Gasteiger partial charge in [-0.1, -0.05) is 35.3 Å². The first-order valence-electron chi connectivity index (χ1n) is 9.43. The lowest BCUT2D eigenvalue weighted by molar-refractivity contribution is -0.137. The van der Waals surface area contributed by atoms with Crippen LogP contribution in [0.2, 0.25) is 10.0 Å². The van der Waals surface area contributed by atoms with E-state index in [0.717, 1.165) is 24.5 Å². The number of aromatic nitrogens is 1. The van der Waals surface area contributed by atoms with Gasteiger partial charge in [-0.2, -0.15) is 13.2 Å². The molecule has 0 bridgehead atoms. The smallest absolute Gasteiger partial charge is 0.287 e. The molecular formula is C21H15Cl2F3N2O5S2. The third-order valence-electron chi connectivity index (χ3n) is 4.70. The van der Waals surface area contributed by atoms with Crippen molar-refractivity contribution in [3.8, 4) is 0 Å². The first kappa shape index (κ1) is 26.9. The number of rotatable bonds is 6. The van der Waals surface area contributed by atoms with Gasteiger partial charge in [0.05, 0.1) is 36.8 Å². The number of halogens is 5. The molecule has 1 heterocycles. The minimum absolute atomic E-state index is 0.0530. The number of carbonyl (C=O) groups excluding carboxylic acids is 1. The fourth-order valence-electron chi connectivity index (χ4n) is 3.03. The van der Waals surface area contributed by atoms with Crippen LogP contribution in [0.3, 0.4) is 0 Å². The average Bonchev–Trinajstić information content (AvgIpc) is 2.74. The molecule has 35 heavy (non-hydrogen) atoms. The van der Waals surface area contributed by atoms with Gasteiger partial charge in [-0.25, -0.2) is 21.8 Å². The molecule has 2 aromatic carbocycles. The van der Waals surface area contributed by atoms with Crippen molar-refractivity contribution in [2.24, 2.45) is 0 Å². The summed E-state index contributed by atoms with van der Waals surface area (Å²) in [5.74, 6) is -0.949. The lowest BCUT2D eigenvalue weighted by Gasteiger charge is -2.15. The van der Waals surface area contributed by atoms with E-state index >= 15 is 0 Å². The van der Waals surface area contributed by atoms with Gasteiger partial charge in [0.2, 0.25) is 5.78 Å². The van der Waals surface area contributed by atoms with Crippen molar-refractivity contribution in [3.05, 3.63) is 81.1 Å². The maximum Gasteiger partial charge on any atom is 0.417 e. The molecule has 0 amide bonds. The molecule has 0 atom stereocenters. The van der Waals surface area contributed by atoms with E-state index in [1.165, 1.54) is 31.2 Å². The minimum Gasteiger partial charge on any atom is -0.287 e. The molecular weight excluding hydrogens is 552 g/mol. The van der Waals surface area contributed by atoms with E-state index in [-0.39, 0.29) is 21.2 Å². The van der Waals surface area contributed by atoms with Gasteiger partial charge in [-0.3, -0.25) is 9.52 Å². The molecule has 0 spiro atoms. The van der Waals surface area contributed by atoms with E-state index in [4.69, 9.17) is 23.2 Å². The van der Waals surface area contributed by atoms with Crippen LogP contribution in [0.4, 0.5) is 18.9 Å². The summed E-state index contributed by atoms with van der Waals surface area (Å²) in [5, 5.41) is -0.757. The number of sulfone groups is 1. The van der Waals surface area contributed by atoms with Gasteiger partial charge >= 0.3 is 6.18 Å². The van der Waals surface area contributed by atoms with Gasteiger partial charge in [-0.15, -0.1) is 0 Å². The fourth-order valence-corrected chi connectivity index (χ4v) is 5.37. The Morgan fingerprint density at radius 3 is 2.20 bits per heavy atom. The molecule has 1 aromatic heterocycles. The second-order valence-corrected chi connectivity index (χ2v) is 11.8. The van der Waals surface area contributed by atoms with Crippen molar-refractivity contribution in [3.63, 3.8) is 0 Å². The Bertz CT molecular complexity index is 1560. The SMILES string of the molecule is Cc1nc(C(=O)c2ccccc2S(C)(=O)=O)c(NS(=O)(=O)c2ccc(Cl)c(C(F)(F)F)c2)cc1Cl. The summed E-state index contributed by atoms with van der Waals surface area (Å²) in [6.07, 6.45) is -4.03. The van der Waals surface area contributed by atoms with Crippen LogP contribution in [-0.4, -0.2) is 33.9 Å². The molecule has 0 aliphatic heterocycles.